The van der Waals surface area contributed by atoms with Crippen molar-refractivity contribution in [1.82, 2.24) is 48.0 Å². The third-order valence-electron chi connectivity index (χ3n) is 14.9. The minimum Gasteiger partial charge on any atom is -0.507 e. The van der Waals surface area contributed by atoms with Crippen LogP contribution in [0.4, 0.5) is 0 Å². The smallest absolute Gasteiger partial charge is 0.144 e. The molecule has 0 aliphatic carbocycles. The van der Waals surface area contributed by atoms with Crippen molar-refractivity contribution in [2.75, 3.05) is 13.1 Å². The molecule has 14 nitrogen and oxygen atoms in total. The van der Waals surface area contributed by atoms with Gasteiger partial charge in [-0.25, -0.2) is 19.9 Å². The molecule has 0 radical (unpaired) electrons. The van der Waals surface area contributed by atoms with E-state index in [0.717, 1.165) is 72.8 Å². The highest BCUT2D eigenvalue weighted by Gasteiger charge is 2.21. The minimum absolute atomic E-state index is 0.146. The fourth-order valence-electron chi connectivity index (χ4n) is 11.0. The summed E-state index contributed by atoms with van der Waals surface area (Å²) in [5.74, 6) is 3.32. The largest absolute Gasteiger partial charge is 0.507 e. The maximum atomic E-state index is 11.6. The summed E-state index contributed by atoms with van der Waals surface area (Å²) < 4.78 is 8.01. The number of nitrogens with zero attached hydrogens (tertiary/aromatic N) is 10. The molecule has 0 unspecified atom stereocenters. The van der Waals surface area contributed by atoms with E-state index in [4.69, 9.17) is 19.9 Å². The van der Waals surface area contributed by atoms with E-state index in [1.165, 1.54) is 0 Å². The Balaban J connectivity index is 0.838. The fraction of sp³-hybridized carbons (Fsp3) is 0.175. The number of phenols is 4. The van der Waals surface area contributed by atoms with Crippen LogP contribution >= 0.6 is 0 Å². The van der Waals surface area contributed by atoms with Crippen LogP contribution in [-0.4, -0.2) is 81.5 Å². The standard InChI is InChI=1S/C63H58N10O4/c1-68-52-18-9-5-14-48(52)64-60(68)44-26-22-40(32-56(44)74)36-72(37-41-23-27-45(57(75)33-41)61-65-49-15-6-10-19-53(49)69(61)2)30-13-31-73(38-42-24-28-46(58(76)34-42)62-66-50-16-7-11-20-54(50)70(62)3)39-43-25-29-47(59(77)35-43)63-67-51-17-8-12-21-55(51)71(63)4/h5-12,14-29,32-35,74-77H,13,30-31,36-39H2,1-4H3. The Labute approximate surface area is 445 Å². The zero-order valence-electron chi connectivity index (χ0n) is 43.4. The molecule has 0 amide bonds. The first-order valence-electron chi connectivity index (χ1n) is 25.8. The molecular formula is C63H58N10O4. The molecule has 0 fully saturated rings. The average molecular weight is 1020 g/mol. The number of fused-ring (bicyclic) bond motifs is 4. The topological polar surface area (TPSA) is 159 Å². The molecule has 14 heteroatoms. The normalized spacial score (nSPS) is 11.9. The van der Waals surface area contributed by atoms with Crippen molar-refractivity contribution in [3.05, 3.63) is 192 Å². The molecule has 0 bridgehead atoms. The molecule has 4 N–H and O–H groups in total. The van der Waals surface area contributed by atoms with Crippen molar-refractivity contribution in [2.45, 2.75) is 32.6 Å². The highest BCUT2D eigenvalue weighted by molar-refractivity contribution is 5.85. The van der Waals surface area contributed by atoms with E-state index in [2.05, 4.69) is 9.80 Å². The number of para-hydroxylation sites is 8. The molecule has 12 aromatic rings. The van der Waals surface area contributed by atoms with Crippen molar-refractivity contribution in [3.8, 4) is 68.5 Å². The Kier molecular flexibility index (Phi) is 12.7. The van der Waals surface area contributed by atoms with Crippen LogP contribution in [0.25, 0.3) is 89.7 Å². The van der Waals surface area contributed by atoms with Crippen LogP contribution in [-0.2, 0) is 54.4 Å². The lowest BCUT2D eigenvalue weighted by Gasteiger charge is -2.27. The molecule has 4 aromatic heterocycles. The number of rotatable bonds is 16. The first kappa shape index (κ1) is 48.7. The van der Waals surface area contributed by atoms with Gasteiger partial charge in [0.25, 0.3) is 0 Å². The number of hydrogen-bond acceptors (Lipinski definition) is 10. The van der Waals surface area contributed by atoms with E-state index >= 15 is 0 Å². The molecule has 0 spiro atoms. The van der Waals surface area contributed by atoms with Crippen molar-refractivity contribution in [3.63, 3.8) is 0 Å². The molecule has 0 atom stereocenters. The third-order valence-corrected chi connectivity index (χ3v) is 14.9. The van der Waals surface area contributed by atoms with Crippen molar-refractivity contribution in [2.24, 2.45) is 28.2 Å². The Bertz CT molecular complexity index is 3660. The number of aryl methyl sites for hydroxylation is 4. The molecule has 0 saturated carbocycles. The number of phenolic OH excluding ortho intramolecular Hbond substituents is 4. The second kappa shape index (κ2) is 20.1. The molecule has 0 aliphatic heterocycles. The fourth-order valence-corrected chi connectivity index (χ4v) is 11.0. The first-order chi connectivity index (χ1) is 37.4. The van der Waals surface area contributed by atoms with Crippen LogP contribution in [0, 0.1) is 0 Å². The molecule has 0 saturated heterocycles. The number of hydrogen-bond donors (Lipinski definition) is 4. The van der Waals surface area contributed by atoms with Gasteiger partial charge in [-0.05, 0) is 126 Å². The van der Waals surface area contributed by atoms with Crippen LogP contribution in [0.1, 0.15) is 28.7 Å². The summed E-state index contributed by atoms with van der Waals surface area (Å²) in [5.41, 5.74) is 13.7. The zero-order chi connectivity index (χ0) is 52.9. The van der Waals surface area contributed by atoms with E-state index < -0.39 is 0 Å². The lowest BCUT2D eigenvalue weighted by molar-refractivity contribution is 0.207. The van der Waals surface area contributed by atoms with Crippen LogP contribution < -0.4 is 0 Å². The van der Waals surface area contributed by atoms with Gasteiger partial charge in [0.1, 0.15) is 46.3 Å². The van der Waals surface area contributed by atoms with Crippen LogP contribution in [0.2, 0.25) is 0 Å². The lowest BCUT2D eigenvalue weighted by Crippen LogP contribution is -2.29. The molecule has 0 aliphatic rings. The molecule has 77 heavy (non-hydrogen) atoms. The van der Waals surface area contributed by atoms with Gasteiger partial charge in [0.15, 0.2) is 0 Å². The minimum atomic E-state index is 0.146. The predicted molar refractivity (Wildman–Crippen MR) is 304 cm³/mol. The Morgan fingerprint density at radius 2 is 0.558 bits per heavy atom. The van der Waals surface area contributed by atoms with Crippen LogP contribution in [0.15, 0.2) is 170 Å². The summed E-state index contributed by atoms with van der Waals surface area (Å²) in [7, 11) is 7.84. The average Bonchev–Trinajstić information content (AvgIpc) is 4.23. The number of imidazole rings is 4. The van der Waals surface area contributed by atoms with E-state index in [1.807, 2.05) is 216 Å². The second-order valence-electron chi connectivity index (χ2n) is 20.1. The van der Waals surface area contributed by atoms with E-state index in [0.29, 0.717) is 84.8 Å². The Morgan fingerprint density at radius 3 is 0.779 bits per heavy atom. The molecule has 384 valence electrons. The lowest BCUT2D eigenvalue weighted by atomic mass is 10.1. The molecule has 4 heterocycles. The Hall–Kier alpha value is -9.24. The summed E-state index contributed by atoms with van der Waals surface area (Å²) in [5, 5.41) is 46.4. The maximum Gasteiger partial charge on any atom is 0.144 e. The van der Waals surface area contributed by atoms with Gasteiger partial charge < -0.3 is 38.7 Å². The van der Waals surface area contributed by atoms with Crippen molar-refractivity contribution in [1.29, 1.82) is 0 Å². The van der Waals surface area contributed by atoms with Gasteiger partial charge in [-0.15, -0.1) is 0 Å². The van der Waals surface area contributed by atoms with Crippen LogP contribution in [0.5, 0.6) is 23.0 Å². The third kappa shape index (κ3) is 9.38. The number of aromatic nitrogens is 8. The highest BCUT2D eigenvalue weighted by atomic mass is 16.3. The van der Waals surface area contributed by atoms with E-state index in [1.54, 1.807) is 0 Å². The number of aromatic hydroxyl groups is 4. The number of benzene rings is 8. The Morgan fingerprint density at radius 1 is 0.325 bits per heavy atom. The SMILES string of the molecule is Cn1c(-c2ccc(CN(CCCN(Cc3ccc(-c4nc5ccccc5n4C)c(O)c3)Cc3ccc(-c4nc5ccccc5n4C)c(O)c3)Cc3ccc(-c4nc5ccccc5n4C)c(O)c3)cc2O)nc2ccccc21. The summed E-state index contributed by atoms with van der Waals surface area (Å²) in [6.45, 7) is 3.37. The van der Waals surface area contributed by atoms with Gasteiger partial charge in [-0.1, -0.05) is 72.8 Å². The summed E-state index contributed by atoms with van der Waals surface area (Å²) in [6.07, 6.45) is 0.738. The predicted octanol–water partition coefficient (Wildman–Crippen LogP) is 11.8. The van der Waals surface area contributed by atoms with Gasteiger partial charge >= 0.3 is 0 Å². The quantitative estimate of drug-likeness (QED) is 0.0734. The van der Waals surface area contributed by atoms with E-state index in [9.17, 15) is 20.4 Å². The van der Waals surface area contributed by atoms with Gasteiger partial charge in [0.2, 0.25) is 0 Å². The first-order valence-corrected chi connectivity index (χ1v) is 25.8. The summed E-state index contributed by atoms with van der Waals surface area (Å²) in [4.78, 5) is 24.1. The zero-order valence-corrected chi connectivity index (χ0v) is 43.4. The molecule has 12 rings (SSSR count). The van der Waals surface area contributed by atoms with Gasteiger partial charge in [-0.3, -0.25) is 9.80 Å². The molecule has 8 aromatic carbocycles. The van der Waals surface area contributed by atoms with Crippen molar-refractivity contribution < 1.29 is 20.4 Å². The maximum absolute atomic E-state index is 11.6. The monoisotopic (exact) mass is 1020 g/mol. The van der Waals surface area contributed by atoms with Crippen LogP contribution in [0.3, 0.4) is 0 Å². The van der Waals surface area contributed by atoms with Crippen molar-refractivity contribution >= 4 is 44.1 Å². The second-order valence-corrected chi connectivity index (χ2v) is 20.1. The highest BCUT2D eigenvalue weighted by Crippen LogP contribution is 2.37. The van der Waals surface area contributed by atoms with E-state index in [-0.39, 0.29) is 23.0 Å². The van der Waals surface area contributed by atoms with Gasteiger partial charge in [0.05, 0.1) is 66.4 Å². The summed E-state index contributed by atoms with van der Waals surface area (Å²) >= 11 is 0. The van der Waals surface area contributed by atoms with Gasteiger partial charge in [-0.2, -0.15) is 0 Å². The summed E-state index contributed by atoms with van der Waals surface area (Å²) in [6, 6.07) is 55.0. The molecular weight excluding hydrogens is 961 g/mol. The van der Waals surface area contributed by atoms with Gasteiger partial charge in [0, 0.05) is 67.5 Å².